The van der Waals surface area contributed by atoms with Crippen molar-refractivity contribution in [2.45, 2.75) is 33.2 Å². The first-order valence-electron chi connectivity index (χ1n) is 6.24. The first-order valence-corrected chi connectivity index (χ1v) is 7.73. The zero-order valence-electron chi connectivity index (χ0n) is 11.9. The Hall–Kier alpha value is -0.395. The van der Waals surface area contributed by atoms with Gasteiger partial charge in [-0.15, -0.1) is 0 Å². The Morgan fingerprint density at radius 1 is 1.47 bits per heavy atom. The maximum Gasteiger partial charge on any atom is 0.472 e. The quantitative estimate of drug-likeness (QED) is 0.398. The topological polar surface area (TPSA) is 105 Å². The number of carbonyl (C=O) groups excluding carboxylic acids is 1. The first kappa shape index (κ1) is 18.6. The number of carbonyl (C=O) groups is 1. The molecule has 0 saturated heterocycles. The molecule has 0 saturated carbocycles. The van der Waals surface area contributed by atoms with E-state index < -0.39 is 25.2 Å². The van der Waals surface area contributed by atoms with Crippen LogP contribution in [-0.2, 0) is 18.4 Å². The Labute approximate surface area is 114 Å². The van der Waals surface area contributed by atoms with Crippen molar-refractivity contribution >= 4 is 21.6 Å². The summed E-state index contributed by atoms with van der Waals surface area (Å²) in [6.07, 6.45) is -0.577. The monoisotopic (exact) mass is 295 g/mol. The second-order valence-corrected chi connectivity index (χ2v) is 6.30. The molecule has 0 aromatic rings. The molecule has 0 aromatic heterocycles. The number of hydrogen-bond donors (Lipinski definition) is 3. The van der Waals surface area contributed by atoms with Gasteiger partial charge in [-0.1, -0.05) is 20.2 Å². The minimum Gasteiger partial charge on any atom is -0.383 e. The van der Waals surface area contributed by atoms with Gasteiger partial charge in [0.15, 0.2) is 0 Å². The van der Waals surface area contributed by atoms with Crippen molar-refractivity contribution in [3.05, 3.63) is 0 Å². The molecule has 112 valence electrons. The van der Waals surface area contributed by atoms with Crippen molar-refractivity contribution in [3.63, 3.8) is 0 Å². The molecule has 2 atom stereocenters. The number of phosphoric ester groups is 1. The lowest BCUT2D eigenvalue weighted by atomic mass is 9.87. The van der Waals surface area contributed by atoms with Crippen LogP contribution in [0.5, 0.6) is 0 Å². The summed E-state index contributed by atoms with van der Waals surface area (Å²) in [5.41, 5.74) is -1.01. The zero-order chi connectivity index (χ0) is 15.1. The average molecular weight is 295 g/mol. The number of amides is 1. The van der Waals surface area contributed by atoms with E-state index in [0.717, 1.165) is 6.32 Å². The molecule has 19 heavy (non-hydrogen) atoms. The van der Waals surface area contributed by atoms with E-state index in [-0.39, 0.29) is 13.2 Å². The van der Waals surface area contributed by atoms with E-state index in [4.69, 9.17) is 4.52 Å². The van der Waals surface area contributed by atoms with Crippen LogP contribution in [0.15, 0.2) is 0 Å². The van der Waals surface area contributed by atoms with E-state index >= 15 is 0 Å². The first-order chi connectivity index (χ1) is 8.66. The summed E-state index contributed by atoms with van der Waals surface area (Å²) in [6, 6.07) is 0. The van der Waals surface area contributed by atoms with Crippen LogP contribution in [-0.4, -0.2) is 49.6 Å². The third-order valence-corrected chi connectivity index (χ3v) is 3.47. The Morgan fingerprint density at radius 3 is 2.53 bits per heavy atom. The predicted octanol–water partition coefficient (Wildman–Crippen LogP) is -0.305. The van der Waals surface area contributed by atoms with Gasteiger partial charge in [-0.05, 0) is 6.92 Å². The number of phosphoric acid groups is 1. The molecule has 0 aliphatic carbocycles. The Kier molecular flexibility index (Phi) is 7.85. The van der Waals surface area contributed by atoms with Crippen LogP contribution in [0, 0.1) is 5.41 Å². The van der Waals surface area contributed by atoms with Crippen LogP contribution < -0.4 is 5.32 Å². The highest BCUT2D eigenvalue weighted by Gasteiger charge is 2.36. The second-order valence-electron chi connectivity index (χ2n) is 4.84. The van der Waals surface area contributed by atoms with Gasteiger partial charge in [0.25, 0.3) is 0 Å². The highest BCUT2D eigenvalue weighted by Crippen LogP contribution is 2.44. The molecule has 0 bridgehead atoms. The van der Waals surface area contributed by atoms with Crippen LogP contribution in [0.4, 0.5) is 0 Å². The van der Waals surface area contributed by atoms with E-state index in [0.29, 0.717) is 6.54 Å². The minimum absolute atomic E-state index is 0.0355. The van der Waals surface area contributed by atoms with Gasteiger partial charge in [0.2, 0.25) is 5.91 Å². The average Bonchev–Trinajstić information content (AvgIpc) is 2.33. The molecule has 0 aromatic carbocycles. The molecule has 0 fully saturated rings. The van der Waals surface area contributed by atoms with E-state index in [1.54, 1.807) is 20.8 Å². The molecule has 9 heteroatoms. The normalized spacial score (nSPS) is 16.7. The van der Waals surface area contributed by atoms with Crippen molar-refractivity contribution in [2.75, 3.05) is 19.8 Å². The summed E-state index contributed by atoms with van der Waals surface area (Å²) in [5, 5.41) is 12.4. The summed E-state index contributed by atoms with van der Waals surface area (Å²) in [7, 11) is -2.23. The number of rotatable bonds is 9. The molecule has 2 unspecified atom stereocenters. The summed E-state index contributed by atoms with van der Waals surface area (Å²) < 4.78 is 20.6. The molecule has 0 radical (unpaired) electrons. The van der Waals surface area contributed by atoms with Gasteiger partial charge in [0.05, 0.1) is 13.2 Å². The van der Waals surface area contributed by atoms with E-state index in [1.807, 2.05) is 7.85 Å². The highest BCUT2D eigenvalue weighted by molar-refractivity contribution is 7.47. The van der Waals surface area contributed by atoms with Gasteiger partial charge in [-0.3, -0.25) is 13.8 Å². The third-order valence-electron chi connectivity index (χ3n) is 2.43. The number of nitrogens with one attached hydrogen (secondary N) is 1. The molecule has 0 aliphatic heterocycles. The van der Waals surface area contributed by atoms with Crippen LogP contribution in [0.3, 0.4) is 0 Å². The molecule has 0 spiro atoms. The van der Waals surface area contributed by atoms with Crippen LogP contribution >= 0.6 is 7.82 Å². The summed E-state index contributed by atoms with van der Waals surface area (Å²) >= 11 is 0. The van der Waals surface area contributed by atoms with Crippen molar-refractivity contribution in [2.24, 2.45) is 5.41 Å². The van der Waals surface area contributed by atoms with Crippen LogP contribution in [0.1, 0.15) is 20.8 Å². The molecule has 0 rings (SSSR count). The minimum atomic E-state index is -4.12. The SMILES string of the molecule is BCCNC(=O)C(O)C(C)(C)COP(=O)(O)OCC. The standard InChI is InChI=1S/C10H23BNO6P/c1-4-17-19(15,16)18-7-10(2,3)8(13)9(14)12-6-5-11/h8,13H,4-7,11H2,1-3H3,(H,12,14)(H,15,16). The number of aliphatic hydroxyl groups is 1. The van der Waals surface area contributed by atoms with Crippen LogP contribution in [0.2, 0.25) is 6.32 Å². The fourth-order valence-electron chi connectivity index (χ4n) is 1.23. The lowest BCUT2D eigenvalue weighted by molar-refractivity contribution is -0.136. The fraction of sp³-hybridized carbons (Fsp3) is 0.900. The van der Waals surface area contributed by atoms with Gasteiger partial charge >= 0.3 is 7.82 Å². The fourth-order valence-corrected chi connectivity index (χ4v) is 2.12. The van der Waals surface area contributed by atoms with Gasteiger partial charge in [0.1, 0.15) is 14.0 Å². The summed E-state index contributed by atoms with van der Waals surface area (Å²) in [6.45, 7) is 4.91. The highest BCUT2D eigenvalue weighted by atomic mass is 31.2. The zero-order valence-corrected chi connectivity index (χ0v) is 12.8. The third kappa shape index (κ3) is 7.08. The second kappa shape index (κ2) is 8.02. The Balaban J connectivity index is 4.44. The van der Waals surface area contributed by atoms with Gasteiger partial charge in [-0.25, -0.2) is 4.57 Å². The molecule has 0 heterocycles. The van der Waals surface area contributed by atoms with Gasteiger partial charge < -0.3 is 15.3 Å². The van der Waals surface area contributed by atoms with Gasteiger partial charge in [0, 0.05) is 12.0 Å². The summed E-state index contributed by atoms with van der Waals surface area (Å²) in [4.78, 5) is 20.9. The Morgan fingerprint density at radius 2 is 2.05 bits per heavy atom. The lowest BCUT2D eigenvalue weighted by Gasteiger charge is -2.29. The molecule has 0 aliphatic rings. The van der Waals surface area contributed by atoms with Crippen molar-refractivity contribution in [1.82, 2.24) is 5.32 Å². The van der Waals surface area contributed by atoms with Gasteiger partial charge in [-0.2, -0.15) is 0 Å². The van der Waals surface area contributed by atoms with E-state index in [1.165, 1.54) is 0 Å². The van der Waals surface area contributed by atoms with Crippen molar-refractivity contribution in [1.29, 1.82) is 0 Å². The van der Waals surface area contributed by atoms with E-state index in [2.05, 4.69) is 9.84 Å². The Bertz CT molecular complexity index is 338. The molecule has 7 nitrogen and oxygen atoms in total. The summed E-state index contributed by atoms with van der Waals surface area (Å²) in [5.74, 6) is -0.528. The van der Waals surface area contributed by atoms with Crippen molar-refractivity contribution < 1.29 is 28.4 Å². The van der Waals surface area contributed by atoms with E-state index in [9.17, 15) is 19.4 Å². The molecule has 1 amide bonds. The van der Waals surface area contributed by atoms with Crippen LogP contribution in [0.25, 0.3) is 0 Å². The smallest absolute Gasteiger partial charge is 0.383 e. The maximum atomic E-state index is 11.6. The molecule has 3 N–H and O–H groups in total. The lowest BCUT2D eigenvalue weighted by Crippen LogP contribution is -2.46. The van der Waals surface area contributed by atoms with Crippen molar-refractivity contribution in [3.8, 4) is 0 Å². The largest absolute Gasteiger partial charge is 0.472 e. The molecular weight excluding hydrogens is 272 g/mol. The number of hydrogen-bond acceptors (Lipinski definition) is 5. The predicted molar refractivity (Wildman–Crippen MR) is 73.6 cm³/mol. The molecular formula is C10H23BNO6P. The maximum absolute atomic E-state index is 11.6. The number of aliphatic hydroxyl groups excluding tert-OH is 1.